The average Bonchev–Trinajstić information content (AvgIpc) is 0.876. The third-order valence-corrected chi connectivity index (χ3v) is 21.2. The van der Waals surface area contributed by atoms with E-state index in [1.165, 1.54) is 61.2 Å². The zero-order chi connectivity index (χ0) is 101. The summed E-state index contributed by atoms with van der Waals surface area (Å²) in [5.74, 6) is 5.59. The molecule has 0 bridgehead atoms. The minimum absolute atomic E-state index is 0.000909. The van der Waals surface area contributed by atoms with Crippen molar-refractivity contribution >= 4 is 0 Å². The van der Waals surface area contributed by atoms with E-state index in [4.69, 9.17) is 12.8 Å². The number of hydrogen-bond donors (Lipinski definition) is 8. The van der Waals surface area contributed by atoms with Gasteiger partial charge in [-0.05, 0) is 281 Å². The molecule has 720 valence electrons. The van der Waals surface area contributed by atoms with E-state index in [1.54, 1.807) is 0 Å². The number of hydrogen-bond acceptors (Lipinski definition) is 9. The number of nitrogens with zero attached hydrogens (tertiary/aromatic N) is 1. The molecule has 8 N–H and O–H groups in total. The Labute approximate surface area is 801 Å². The van der Waals surface area contributed by atoms with Gasteiger partial charge in [-0.1, -0.05) is 352 Å². The van der Waals surface area contributed by atoms with E-state index in [0.29, 0.717) is 12.5 Å². The van der Waals surface area contributed by atoms with Crippen LogP contribution in [0.3, 0.4) is 0 Å². The zero-order valence-electron chi connectivity index (χ0n) is 91.0. The van der Waals surface area contributed by atoms with Gasteiger partial charge in [0.25, 0.3) is 0 Å². The van der Waals surface area contributed by atoms with Gasteiger partial charge in [0.1, 0.15) is 6.04 Å². The maximum Gasteiger partial charge on any atom is 0.121 e. The van der Waals surface area contributed by atoms with Crippen LogP contribution in [0.15, 0.2) is 207 Å². The standard InChI is InChI=1S/3C18H29N.C18H27N.C17H25N.C16H24N2.C16H27NO/c4*1-8-9-16(19-18(5,6)7)14-10-12-15(13-11-14)17(2,3)4;1-8-15(18-17(5,6)7)13-9-11-14(12-10-13)16(2,3)4;1-15(2,3)13-9-7-12(8-10-13)14(11-17)18-16(4,5)6;1-15(2,3)13-9-7-12(8-10-13)14(11-18)17-16(4,5)6/h2*8-13,16,19H,1-7H3;8,10-13,16,19H,1,9H2,2-7H3;1,10-13,16,19H,9H2,2-7H3;1,9-12,15,18H,2-7H3;7-10,14,18H,1-6H3;7-10,14,17-18H,11H2,1-6H3/b9-8+;9-8-;;;;;. The molecule has 0 amide bonds. The summed E-state index contributed by atoms with van der Waals surface area (Å²) in [4.78, 5) is 0. The Kier molecular flexibility index (Phi) is 47.0. The highest BCUT2D eigenvalue weighted by Gasteiger charge is 2.28. The molecule has 7 unspecified atom stereocenters. The lowest BCUT2D eigenvalue weighted by molar-refractivity contribution is 0.217. The molecular weight excluding hydrogens is 1580 g/mol. The monoisotopic (exact) mass is 1770 g/mol. The van der Waals surface area contributed by atoms with Crippen LogP contribution in [-0.4, -0.2) is 50.5 Å². The molecule has 7 aromatic carbocycles. The molecule has 0 aromatic heterocycles. The summed E-state index contributed by atoms with van der Waals surface area (Å²) in [6.07, 6.45) is 23.4. The van der Waals surface area contributed by atoms with E-state index in [0.717, 1.165) is 23.1 Å². The molecule has 9 nitrogen and oxygen atoms in total. The lowest BCUT2D eigenvalue weighted by atomic mass is 9.86. The topological polar surface area (TPSA) is 128 Å². The maximum absolute atomic E-state index is 9.51. The molecule has 7 atom stereocenters. The Morgan fingerprint density at radius 3 is 0.685 bits per heavy atom. The van der Waals surface area contributed by atoms with Gasteiger partial charge < -0.3 is 31.7 Å². The van der Waals surface area contributed by atoms with E-state index in [2.05, 4.69) is 548 Å². The average molecular weight is 1770 g/mol. The molecule has 130 heavy (non-hydrogen) atoms. The smallest absolute Gasteiger partial charge is 0.121 e. The van der Waals surface area contributed by atoms with Crippen LogP contribution in [0.5, 0.6) is 0 Å². The van der Waals surface area contributed by atoms with Crippen molar-refractivity contribution in [1.29, 1.82) is 5.26 Å². The maximum atomic E-state index is 9.51. The van der Waals surface area contributed by atoms with E-state index in [9.17, 15) is 10.4 Å². The molecule has 0 aliphatic carbocycles. The lowest BCUT2D eigenvalue weighted by Gasteiger charge is -2.29. The van der Waals surface area contributed by atoms with Gasteiger partial charge in [-0.15, -0.1) is 25.3 Å². The first-order chi connectivity index (χ1) is 58.9. The van der Waals surface area contributed by atoms with Crippen molar-refractivity contribution < 1.29 is 5.11 Å². The Bertz CT molecular complexity index is 4380. The second-order valence-corrected chi connectivity index (χ2v) is 49.8. The molecular formula is C121H190N8O. The summed E-state index contributed by atoms with van der Waals surface area (Å²) < 4.78 is 0. The van der Waals surface area contributed by atoms with Crippen molar-refractivity contribution in [2.24, 2.45) is 0 Å². The summed E-state index contributed by atoms with van der Waals surface area (Å²) >= 11 is 0. The van der Waals surface area contributed by atoms with E-state index >= 15 is 0 Å². The molecule has 9 heteroatoms. The third-order valence-electron chi connectivity index (χ3n) is 21.2. The molecule has 0 radical (unpaired) electrons. The summed E-state index contributed by atoms with van der Waals surface area (Å²) in [7, 11) is 0. The number of nitrogens with one attached hydrogen (secondary N) is 7. The largest absolute Gasteiger partial charge is 0.394 e. The van der Waals surface area contributed by atoms with Crippen LogP contribution in [0.2, 0.25) is 0 Å². The predicted octanol–water partition coefficient (Wildman–Crippen LogP) is 30.8. The van der Waals surface area contributed by atoms with Gasteiger partial charge in [0.15, 0.2) is 0 Å². The zero-order valence-corrected chi connectivity index (χ0v) is 91.0. The molecule has 0 saturated heterocycles. The van der Waals surface area contributed by atoms with E-state index < -0.39 is 0 Å². The minimum Gasteiger partial charge on any atom is -0.394 e. The van der Waals surface area contributed by atoms with Gasteiger partial charge in [-0.2, -0.15) is 5.26 Å². The van der Waals surface area contributed by atoms with Crippen molar-refractivity contribution in [2.45, 2.75) is 436 Å². The van der Waals surface area contributed by atoms with Crippen molar-refractivity contribution in [1.82, 2.24) is 37.2 Å². The van der Waals surface area contributed by atoms with Crippen LogP contribution in [0.4, 0.5) is 0 Å². The van der Waals surface area contributed by atoms with Crippen molar-refractivity contribution in [2.75, 3.05) is 6.61 Å². The lowest BCUT2D eigenvalue weighted by Crippen LogP contribution is -2.40. The second-order valence-electron chi connectivity index (χ2n) is 49.8. The first-order valence-electron chi connectivity index (χ1n) is 47.9. The summed E-state index contributed by atoms with van der Waals surface area (Å²) in [5.41, 5.74) is 19.7. The molecule has 0 fully saturated rings. The number of terminal acetylenes is 2. The summed E-state index contributed by atoms with van der Waals surface area (Å²) in [6, 6.07) is 64.4. The fraction of sp³-hybridized carbons (Fsp3) is 0.562. The summed E-state index contributed by atoms with van der Waals surface area (Å²) in [5, 5.41) is 43.5. The Morgan fingerprint density at radius 2 is 0.485 bits per heavy atom. The van der Waals surface area contributed by atoms with Crippen LogP contribution in [-0.2, 0) is 37.9 Å². The molecule has 0 aliphatic heterocycles. The molecule has 0 heterocycles. The number of aliphatic hydroxyl groups excluding tert-OH is 1. The van der Waals surface area contributed by atoms with Crippen LogP contribution < -0.4 is 37.2 Å². The number of nitriles is 1. The molecule has 0 spiro atoms. The fourth-order valence-corrected chi connectivity index (χ4v) is 14.1. The Morgan fingerprint density at radius 1 is 0.285 bits per heavy atom. The van der Waals surface area contributed by atoms with Gasteiger partial charge in [0, 0.05) is 57.3 Å². The van der Waals surface area contributed by atoms with Crippen LogP contribution in [0.25, 0.3) is 0 Å². The Hall–Kier alpha value is -7.95. The van der Waals surface area contributed by atoms with Crippen LogP contribution in [0.1, 0.15) is 438 Å². The molecule has 7 aromatic rings. The predicted molar refractivity (Wildman–Crippen MR) is 575 cm³/mol. The second kappa shape index (κ2) is 50.9. The number of aliphatic hydroxyl groups is 1. The number of allylic oxidation sites excluding steroid dienone is 2. The highest BCUT2D eigenvalue weighted by Crippen LogP contribution is 2.34. The normalized spacial score (nSPS) is 14.4. The van der Waals surface area contributed by atoms with Crippen molar-refractivity contribution in [3.63, 3.8) is 0 Å². The van der Waals surface area contributed by atoms with E-state index in [1.807, 2.05) is 18.2 Å². The molecule has 0 aliphatic rings. The van der Waals surface area contributed by atoms with Crippen LogP contribution in [0, 0.1) is 36.0 Å². The first kappa shape index (κ1) is 120. The Balaban J connectivity index is 0.000000758. The number of benzene rings is 7. The van der Waals surface area contributed by atoms with E-state index in [-0.39, 0.29) is 120 Å². The first-order valence-corrected chi connectivity index (χ1v) is 47.9. The highest BCUT2D eigenvalue weighted by atomic mass is 16.3. The molecule has 7 rings (SSSR count). The van der Waals surface area contributed by atoms with Crippen molar-refractivity contribution in [3.8, 4) is 30.8 Å². The third kappa shape index (κ3) is 49.7. The van der Waals surface area contributed by atoms with Gasteiger partial charge in [0.2, 0.25) is 0 Å². The van der Waals surface area contributed by atoms with Gasteiger partial charge >= 0.3 is 0 Å². The van der Waals surface area contributed by atoms with Gasteiger partial charge in [0.05, 0.1) is 36.8 Å². The number of rotatable bonds is 20. The highest BCUT2D eigenvalue weighted by molar-refractivity contribution is 5.38. The van der Waals surface area contributed by atoms with Gasteiger partial charge in [-0.3, -0.25) is 10.6 Å². The summed E-state index contributed by atoms with van der Waals surface area (Å²) in [6.45, 7) is 100. The minimum atomic E-state index is -0.251. The van der Waals surface area contributed by atoms with Gasteiger partial charge in [-0.25, -0.2) is 0 Å². The fourth-order valence-electron chi connectivity index (χ4n) is 14.1. The van der Waals surface area contributed by atoms with Crippen molar-refractivity contribution in [3.05, 3.63) is 285 Å². The quantitative estimate of drug-likeness (QED) is 0.0278. The van der Waals surface area contributed by atoms with Crippen LogP contribution >= 0.6 is 0 Å². The molecule has 0 saturated carbocycles. The SMILES string of the molecule is C#CC(NC(C)(C)C)c1ccc(C(C)(C)C)cc1.C#CCC(NC(C)(C)C)c1ccc(C(C)(C)C)cc1.C/C=C/C(NC(C)(C)C)c1ccc(C(C)(C)C)cc1.C/C=C\C(NC(C)(C)C)c1ccc(C(C)(C)C)cc1.C=CCC(NC(C)(C)C)c1ccc(C(C)(C)C)cc1.CC(C)(C)NC(C#N)c1ccc(C(C)(C)C)cc1.CC(C)(C)NC(CO)c1ccc(C(C)(C)C)cc1.